The molecule has 1 aromatic rings. The van der Waals surface area contributed by atoms with E-state index in [0.717, 1.165) is 19.4 Å². The number of hydrogen-bond donors (Lipinski definition) is 1. The van der Waals surface area contributed by atoms with E-state index in [9.17, 15) is 0 Å². The van der Waals surface area contributed by atoms with Crippen LogP contribution in [0.15, 0.2) is 30.3 Å². The van der Waals surface area contributed by atoms with E-state index in [-0.39, 0.29) is 0 Å². The molecule has 1 rings (SSSR count). The van der Waals surface area contributed by atoms with Crippen molar-refractivity contribution in [2.24, 2.45) is 5.73 Å². The summed E-state index contributed by atoms with van der Waals surface area (Å²) in [4.78, 5) is 0. The van der Waals surface area contributed by atoms with Crippen molar-refractivity contribution in [3.63, 3.8) is 0 Å². The maximum atomic E-state index is 5.38. The van der Waals surface area contributed by atoms with Gasteiger partial charge < -0.3 is 5.73 Å². The molecule has 0 bridgehead atoms. The van der Waals surface area contributed by atoms with E-state index in [1.807, 2.05) is 19.9 Å². The number of nitrogens with two attached hydrogens (primary N) is 1. The third-order valence-electron chi connectivity index (χ3n) is 1.51. The monoisotopic (exact) mass is 165 g/mol. The van der Waals surface area contributed by atoms with Gasteiger partial charge in [-0.2, -0.15) is 0 Å². The van der Waals surface area contributed by atoms with Gasteiger partial charge >= 0.3 is 0 Å². The molecule has 0 fully saturated rings. The van der Waals surface area contributed by atoms with Crippen molar-refractivity contribution in [3.8, 4) is 0 Å². The smallest absolute Gasteiger partial charge is 0.00741 e. The van der Waals surface area contributed by atoms with Gasteiger partial charge in [-0.05, 0) is 24.9 Å². The molecule has 0 spiro atoms. The first-order valence-corrected chi connectivity index (χ1v) is 4.67. The fraction of sp³-hybridized carbons (Fsp3) is 0.455. The van der Waals surface area contributed by atoms with Crippen LogP contribution in [-0.4, -0.2) is 6.54 Å². The van der Waals surface area contributed by atoms with Crippen LogP contribution in [0.4, 0.5) is 0 Å². The molecular weight excluding hydrogens is 146 g/mol. The summed E-state index contributed by atoms with van der Waals surface area (Å²) in [5, 5.41) is 0. The quantitative estimate of drug-likeness (QED) is 0.732. The van der Waals surface area contributed by atoms with Gasteiger partial charge in [0.1, 0.15) is 0 Å². The highest BCUT2D eigenvalue weighted by Crippen LogP contribution is 2.00. The largest absolute Gasteiger partial charge is 0.330 e. The van der Waals surface area contributed by atoms with Crippen molar-refractivity contribution in [2.45, 2.75) is 26.7 Å². The van der Waals surface area contributed by atoms with Gasteiger partial charge in [-0.3, -0.25) is 0 Å². The molecule has 0 unspecified atom stereocenters. The van der Waals surface area contributed by atoms with Gasteiger partial charge in [0.05, 0.1) is 0 Å². The van der Waals surface area contributed by atoms with Gasteiger partial charge in [0.15, 0.2) is 0 Å². The molecule has 0 saturated carbocycles. The first-order valence-electron chi connectivity index (χ1n) is 4.67. The Hall–Kier alpha value is -0.820. The fourth-order valence-corrected chi connectivity index (χ4v) is 0.951. The summed E-state index contributed by atoms with van der Waals surface area (Å²) in [5.74, 6) is 0. The molecule has 2 N–H and O–H groups in total. The maximum absolute atomic E-state index is 5.38. The Bertz CT molecular complexity index is 170. The second-order valence-electron chi connectivity index (χ2n) is 2.38. The lowest BCUT2D eigenvalue weighted by atomic mass is 10.1. The molecule has 0 saturated heterocycles. The van der Waals surface area contributed by atoms with Crippen LogP contribution in [0.1, 0.15) is 25.8 Å². The summed E-state index contributed by atoms with van der Waals surface area (Å²) in [6, 6.07) is 10.4. The van der Waals surface area contributed by atoms with Crippen LogP contribution < -0.4 is 5.73 Å². The fourth-order valence-electron chi connectivity index (χ4n) is 0.951. The molecule has 1 aromatic carbocycles. The average molecular weight is 165 g/mol. The predicted octanol–water partition coefficient (Wildman–Crippen LogP) is 2.60. The molecule has 0 amide bonds. The second kappa shape index (κ2) is 8.28. The minimum atomic E-state index is 0.787. The van der Waals surface area contributed by atoms with E-state index in [0.29, 0.717) is 0 Å². The van der Waals surface area contributed by atoms with Crippen LogP contribution in [0.3, 0.4) is 0 Å². The SMILES string of the molecule is CC.NCCCc1ccccc1. The summed E-state index contributed by atoms with van der Waals surface area (Å²) < 4.78 is 0. The number of benzene rings is 1. The molecule has 68 valence electrons. The molecular formula is C11H19N. The van der Waals surface area contributed by atoms with Crippen molar-refractivity contribution in [1.82, 2.24) is 0 Å². The highest BCUT2D eigenvalue weighted by Gasteiger charge is 1.87. The lowest BCUT2D eigenvalue weighted by molar-refractivity contribution is 0.833. The molecule has 0 aromatic heterocycles. The minimum absolute atomic E-state index is 0.787. The lowest BCUT2D eigenvalue weighted by Crippen LogP contribution is -1.99. The summed E-state index contributed by atoms with van der Waals surface area (Å²) in [5.41, 5.74) is 6.76. The summed E-state index contributed by atoms with van der Waals surface area (Å²) in [6.07, 6.45) is 2.20. The Balaban J connectivity index is 0.000000561. The van der Waals surface area contributed by atoms with Gasteiger partial charge in [0.2, 0.25) is 0 Å². The van der Waals surface area contributed by atoms with Gasteiger partial charge in [-0.25, -0.2) is 0 Å². The number of aryl methyl sites for hydroxylation is 1. The van der Waals surface area contributed by atoms with E-state index in [1.54, 1.807) is 0 Å². The average Bonchev–Trinajstić information content (AvgIpc) is 2.19. The summed E-state index contributed by atoms with van der Waals surface area (Å²) in [6.45, 7) is 4.79. The molecule has 0 aliphatic heterocycles. The number of hydrogen-bond acceptors (Lipinski definition) is 1. The van der Waals surface area contributed by atoms with E-state index >= 15 is 0 Å². The molecule has 1 nitrogen and oxygen atoms in total. The highest BCUT2D eigenvalue weighted by atomic mass is 14.5. The topological polar surface area (TPSA) is 26.0 Å². The van der Waals surface area contributed by atoms with Gasteiger partial charge in [-0.15, -0.1) is 0 Å². The summed E-state index contributed by atoms with van der Waals surface area (Å²) in [7, 11) is 0. The van der Waals surface area contributed by atoms with Gasteiger partial charge in [0.25, 0.3) is 0 Å². The van der Waals surface area contributed by atoms with Crippen LogP contribution in [0.2, 0.25) is 0 Å². The Labute approximate surface area is 75.6 Å². The summed E-state index contributed by atoms with van der Waals surface area (Å²) >= 11 is 0. The van der Waals surface area contributed by atoms with Crippen molar-refractivity contribution in [2.75, 3.05) is 6.54 Å². The Morgan fingerprint density at radius 1 is 1.08 bits per heavy atom. The maximum Gasteiger partial charge on any atom is -0.00741 e. The van der Waals surface area contributed by atoms with Crippen LogP contribution in [0.5, 0.6) is 0 Å². The van der Waals surface area contributed by atoms with Crippen molar-refractivity contribution >= 4 is 0 Å². The standard InChI is InChI=1S/C9H13N.C2H6/c10-8-4-7-9-5-2-1-3-6-9;1-2/h1-3,5-6H,4,7-8,10H2;1-2H3. The molecule has 0 heterocycles. The predicted molar refractivity (Wildman–Crippen MR) is 55.2 cm³/mol. The molecule has 1 heteroatoms. The third-order valence-corrected chi connectivity index (χ3v) is 1.51. The molecule has 12 heavy (non-hydrogen) atoms. The third kappa shape index (κ3) is 4.91. The second-order valence-corrected chi connectivity index (χ2v) is 2.38. The van der Waals surface area contributed by atoms with Crippen LogP contribution in [-0.2, 0) is 6.42 Å². The molecule has 0 radical (unpaired) electrons. The van der Waals surface area contributed by atoms with Crippen molar-refractivity contribution in [3.05, 3.63) is 35.9 Å². The first-order chi connectivity index (χ1) is 5.93. The van der Waals surface area contributed by atoms with E-state index in [4.69, 9.17) is 5.73 Å². The number of rotatable bonds is 3. The molecule has 0 aliphatic carbocycles. The molecule has 0 atom stereocenters. The van der Waals surface area contributed by atoms with E-state index < -0.39 is 0 Å². The highest BCUT2D eigenvalue weighted by molar-refractivity contribution is 5.14. The van der Waals surface area contributed by atoms with Crippen LogP contribution >= 0.6 is 0 Å². The zero-order valence-electron chi connectivity index (χ0n) is 8.09. The Morgan fingerprint density at radius 3 is 2.17 bits per heavy atom. The lowest BCUT2D eigenvalue weighted by Gasteiger charge is -1.96. The Kier molecular flexibility index (Phi) is 7.71. The van der Waals surface area contributed by atoms with Crippen LogP contribution in [0, 0.1) is 0 Å². The zero-order valence-corrected chi connectivity index (χ0v) is 8.09. The first kappa shape index (κ1) is 11.2. The van der Waals surface area contributed by atoms with Crippen molar-refractivity contribution in [1.29, 1.82) is 0 Å². The van der Waals surface area contributed by atoms with Crippen molar-refractivity contribution < 1.29 is 0 Å². The van der Waals surface area contributed by atoms with E-state index in [2.05, 4.69) is 24.3 Å². The van der Waals surface area contributed by atoms with Gasteiger partial charge in [-0.1, -0.05) is 44.2 Å². The van der Waals surface area contributed by atoms with Gasteiger partial charge in [0, 0.05) is 0 Å². The minimum Gasteiger partial charge on any atom is -0.330 e. The van der Waals surface area contributed by atoms with E-state index in [1.165, 1.54) is 5.56 Å². The van der Waals surface area contributed by atoms with Crippen LogP contribution in [0.25, 0.3) is 0 Å². The Morgan fingerprint density at radius 2 is 1.67 bits per heavy atom. The normalized spacial score (nSPS) is 8.58. The zero-order chi connectivity index (χ0) is 9.23. The molecule has 0 aliphatic rings.